The Morgan fingerprint density at radius 2 is 2.21 bits per heavy atom. The number of thiazole rings is 1. The molecule has 0 bridgehead atoms. The first-order valence-electron chi connectivity index (χ1n) is 6.58. The molecule has 1 fully saturated rings. The van der Waals surface area contributed by atoms with Crippen LogP contribution in [0, 0.1) is 0 Å². The minimum atomic E-state index is -0.142. The van der Waals surface area contributed by atoms with Gasteiger partial charge >= 0.3 is 0 Å². The summed E-state index contributed by atoms with van der Waals surface area (Å²) in [6.45, 7) is 4.67. The topological polar surface area (TPSA) is 82.7 Å². The number of aliphatic hydroxyl groups is 1. The van der Waals surface area contributed by atoms with Gasteiger partial charge < -0.3 is 20.6 Å². The molecule has 1 saturated heterocycles. The summed E-state index contributed by atoms with van der Waals surface area (Å²) < 4.78 is 0. The molecule has 0 atom stereocenters. The van der Waals surface area contributed by atoms with E-state index >= 15 is 0 Å². The summed E-state index contributed by atoms with van der Waals surface area (Å²) in [4.78, 5) is 20.8. The first-order chi connectivity index (χ1) is 9.17. The number of nitrogens with zero attached hydrogens (tertiary/aromatic N) is 3. The molecule has 1 amide bonds. The van der Waals surface area contributed by atoms with Crippen molar-refractivity contribution in [3.63, 3.8) is 0 Å². The number of nitrogens with two attached hydrogens (primary N) is 1. The number of likely N-dealkylation sites (N-methyl/N-ethyl adjacent to an activating group) is 1. The normalized spacial score (nSPS) is 14.9. The first-order valence-corrected chi connectivity index (χ1v) is 7.40. The first kappa shape index (κ1) is 14.1. The highest BCUT2D eigenvalue weighted by Gasteiger charge is 2.24. The number of hydrogen-bond acceptors (Lipinski definition) is 6. The maximum absolute atomic E-state index is 12.3. The van der Waals surface area contributed by atoms with Gasteiger partial charge in [-0.05, 0) is 19.8 Å². The van der Waals surface area contributed by atoms with Crippen LogP contribution in [0.25, 0.3) is 0 Å². The van der Waals surface area contributed by atoms with Crippen molar-refractivity contribution in [2.24, 2.45) is 0 Å². The van der Waals surface area contributed by atoms with Gasteiger partial charge in [0.1, 0.15) is 10.7 Å². The van der Waals surface area contributed by atoms with Crippen LogP contribution >= 0.6 is 11.3 Å². The molecule has 2 rings (SSSR count). The quantitative estimate of drug-likeness (QED) is 0.835. The van der Waals surface area contributed by atoms with Gasteiger partial charge in [-0.3, -0.25) is 4.79 Å². The molecule has 0 spiro atoms. The van der Waals surface area contributed by atoms with Crippen LogP contribution < -0.4 is 10.6 Å². The van der Waals surface area contributed by atoms with Gasteiger partial charge in [-0.1, -0.05) is 11.3 Å². The molecular weight excluding hydrogens is 264 g/mol. The molecule has 0 aliphatic carbocycles. The van der Waals surface area contributed by atoms with Crippen molar-refractivity contribution in [3.05, 3.63) is 4.88 Å². The fourth-order valence-corrected chi connectivity index (χ4v) is 3.19. The third-order valence-electron chi connectivity index (χ3n) is 3.25. The Labute approximate surface area is 116 Å². The van der Waals surface area contributed by atoms with Gasteiger partial charge in [0, 0.05) is 26.2 Å². The molecule has 1 aliphatic rings. The van der Waals surface area contributed by atoms with Crippen LogP contribution in [-0.4, -0.2) is 53.7 Å². The number of aliphatic hydroxyl groups excluding tert-OH is 1. The highest BCUT2D eigenvalue weighted by atomic mass is 32.1. The van der Waals surface area contributed by atoms with E-state index in [-0.39, 0.29) is 12.5 Å². The standard InChI is InChI=1S/C12H20N4O2S/c1-2-15(7-8-17)11(18)9-10(13)14-12(19-9)16-5-3-4-6-16/h17H,2-8,13H2,1H3. The zero-order valence-electron chi connectivity index (χ0n) is 11.1. The third-order valence-corrected chi connectivity index (χ3v) is 4.37. The van der Waals surface area contributed by atoms with E-state index in [1.807, 2.05) is 6.92 Å². The Bertz CT molecular complexity index is 443. The summed E-state index contributed by atoms with van der Waals surface area (Å²) in [5, 5.41) is 9.80. The lowest BCUT2D eigenvalue weighted by Crippen LogP contribution is -2.33. The average molecular weight is 284 g/mol. The van der Waals surface area contributed by atoms with Crippen molar-refractivity contribution in [1.82, 2.24) is 9.88 Å². The van der Waals surface area contributed by atoms with Gasteiger partial charge in [0.2, 0.25) is 0 Å². The predicted octanol–water partition coefficient (Wildman–Crippen LogP) is 0.780. The van der Waals surface area contributed by atoms with Gasteiger partial charge in [-0.25, -0.2) is 4.98 Å². The highest BCUT2D eigenvalue weighted by molar-refractivity contribution is 7.18. The van der Waals surface area contributed by atoms with E-state index in [0.717, 1.165) is 31.1 Å². The van der Waals surface area contributed by atoms with Gasteiger partial charge in [-0.15, -0.1) is 0 Å². The smallest absolute Gasteiger partial charge is 0.267 e. The number of aromatic nitrogens is 1. The van der Waals surface area contributed by atoms with E-state index in [1.54, 1.807) is 4.90 Å². The number of hydrogen-bond donors (Lipinski definition) is 2. The van der Waals surface area contributed by atoms with E-state index in [9.17, 15) is 4.79 Å². The fourth-order valence-electron chi connectivity index (χ4n) is 2.18. The van der Waals surface area contributed by atoms with E-state index < -0.39 is 0 Å². The fraction of sp³-hybridized carbons (Fsp3) is 0.667. The molecule has 0 radical (unpaired) electrons. The van der Waals surface area contributed by atoms with Crippen LogP contribution in [0.2, 0.25) is 0 Å². The van der Waals surface area contributed by atoms with Crippen LogP contribution in [0.15, 0.2) is 0 Å². The monoisotopic (exact) mass is 284 g/mol. The Morgan fingerprint density at radius 1 is 1.53 bits per heavy atom. The lowest BCUT2D eigenvalue weighted by molar-refractivity contribution is 0.0737. The minimum Gasteiger partial charge on any atom is -0.395 e. The van der Waals surface area contributed by atoms with Crippen molar-refractivity contribution < 1.29 is 9.90 Å². The molecule has 1 aromatic rings. The van der Waals surface area contributed by atoms with Crippen LogP contribution in [0.1, 0.15) is 29.4 Å². The van der Waals surface area contributed by atoms with E-state index in [0.29, 0.717) is 23.8 Å². The number of nitrogen functional groups attached to an aromatic ring is 1. The number of rotatable bonds is 5. The molecular formula is C12H20N4O2S. The number of anilines is 2. The highest BCUT2D eigenvalue weighted by Crippen LogP contribution is 2.31. The second-order valence-electron chi connectivity index (χ2n) is 4.51. The predicted molar refractivity (Wildman–Crippen MR) is 76.6 cm³/mol. The summed E-state index contributed by atoms with van der Waals surface area (Å²) >= 11 is 1.35. The molecule has 0 unspecified atom stereocenters. The summed E-state index contributed by atoms with van der Waals surface area (Å²) in [5.74, 6) is 0.158. The SMILES string of the molecule is CCN(CCO)C(=O)c1sc(N2CCCC2)nc1N. The largest absolute Gasteiger partial charge is 0.395 e. The zero-order chi connectivity index (χ0) is 13.8. The molecule has 7 heteroatoms. The Morgan fingerprint density at radius 3 is 2.79 bits per heavy atom. The molecule has 1 aromatic heterocycles. The second kappa shape index (κ2) is 6.21. The van der Waals surface area contributed by atoms with Crippen molar-refractivity contribution in [1.29, 1.82) is 0 Å². The molecule has 6 nitrogen and oxygen atoms in total. The Balaban J connectivity index is 2.17. The summed E-state index contributed by atoms with van der Waals surface area (Å²) in [6, 6.07) is 0. The maximum Gasteiger partial charge on any atom is 0.267 e. The minimum absolute atomic E-state index is 0.0444. The van der Waals surface area contributed by atoms with Crippen molar-refractivity contribution in [3.8, 4) is 0 Å². The molecule has 106 valence electrons. The molecule has 0 aromatic carbocycles. The van der Waals surface area contributed by atoms with Crippen LogP contribution in [0.3, 0.4) is 0 Å². The van der Waals surface area contributed by atoms with Gasteiger partial charge in [0.25, 0.3) is 5.91 Å². The lowest BCUT2D eigenvalue weighted by Gasteiger charge is -2.18. The summed E-state index contributed by atoms with van der Waals surface area (Å²) in [5.41, 5.74) is 5.86. The molecule has 3 N–H and O–H groups in total. The Hall–Kier alpha value is -1.34. The maximum atomic E-state index is 12.3. The Kier molecular flexibility index (Phi) is 4.60. The van der Waals surface area contributed by atoms with Crippen LogP contribution in [-0.2, 0) is 0 Å². The van der Waals surface area contributed by atoms with E-state index in [1.165, 1.54) is 11.3 Å². The molecule has 2 heterocycles. The van der Waals surface area contributed by atoms with Crippen molar-refractivity contribution in [2.75, 3.05) is 43.4 Å². The zero-order valence-corrected chi connectivity index (χ0v) is 11.9. The average Bonchev–Trinajstić information content (AvgIpc) is 3.04. The second-order valence-corrected chi connectivity index (χ2v) is 5.49. The van der Waals surface area contributed by atoms with Crippen molar-refractivity contribution in [2.45, 2.75) is 19.8 Å². The number of amides is 1. The lowest BCUT2D eigenvalue weighted by atomic mass is 10.4. The van der Waals surface area contributed by atoms with Crippen LogP contribution in [0.4, 0.5) is 10.9 Å². The van der Waals surface area contributed by atoms with Gasteiger partial charge in [0.15, 0.2) is 5.13 Å². The molecule has 19 heavy (non-hydrogen) atoms. The molecule has 0 saturated carbocycles. The third kappa shape index (κ3) is 2.98. The van der Waals surface area contributed by atoms with E-state index in [2.05, 4.69) is 9.88 Å². The number of carbonyl (C=O) groups excluding carboxylic acids is 1. The van der Waals surface area contributed by atoms with Crippen LogP contribution in [0.5, 0.6) is 0 Å². The number of carbonyl (C=O) groups is 1. The molecule has 1 aliphatic heterocycles. The van der Waals surface area contributed by atoms with Crippen molar-refractivity contribution >= 4 is 28.2 Å². The van der Waals surface area contributed by atoms with E-state index in [4.69, 9.17) is 10.8 Å². The van der Waals surface area contributed by atoms with Gasteiger partial charge in [0.05, 0.1) is 6.61 Å². The van der Waals surface area contributed by atoms with Gasteiger partial charge in [-0.2, -0.15) is 0 Å². The summed E-state index contributed by atoms with van der Waals surface area (Å²) in [6.07, 6.45) is 2.32. The summed E-state index contributed by atoms with van der Waals surface area (Å²) in [7, 11) is 0.